The van der Waals surface area contributed by atoms with Gasteiger partial charge in [0.2, 0.25) is 17.7 Å². The molecule has 3 aromatic heterocycles. The molecule has 2 fully saturated rings. The Hall–Kier alpha value is -4.93. The molecule has 0 saturated carbocycles. The molecule has 6 N–H and O–H groups in total. The number of nitrogens with one attached hydrogen (secondary N) is 4. The van der Waals surface area contributed by atoms with Gasteiger partial charge in [-0.05, 0) is 55.3 Å². The van der Waals surface area contributed by atoms with Gasteiger partial charge in [0.15, 0.2) is 23.3 Å². The Morgan fingerprint density at radius 2 is 1.74 bits per heavy atom. The average molecular weight is 751 g/mol. The fourth-order valence-corrected chi connectivity index (χ4v) is 7.03. The van der Waals surface area contributed by atoms with E-state index in [1.807, 2.05) is 27.7 Å². The Kier molecular flexibility index (Phi) is 13.0. The van der Waals surface area contributed by atoms with Crippen molar-refractivity contribution in [3.05, 3.63) is 66.4 Å². The predicted molar refractivity (Wildman–Crippen MR) is 202 cm³/mol. The smallest absolute Gasteiger partial charge is 0.226 e. The fraction of sp³-hybridized carbons (Fsp3) is 0.500. The Balaban J connectivity index is 1.09. The summed E-state index contributed by atoms with van der Waals surface area (Å²) in [4.78, 5) is 38.7. The standard InChI is InChI=1S/C38H52F2N10O4/c1-24(26-15-28(53-6)20-42-18-26)32(39)35(46-41)44-29(51)16-38(4,5)23-50-14-11-27(21-50)54-31-10-9-25(19-43-31)34-33(40)36(48-47-34)45-30(52)17-37(2,3)22-49-12-7-8-13-49/h9-10,15,18-20,27,46H,1,7-8,11-14,16-17,21-23,41H2,2-6H3,(H,44,51)(H2,45,47,48,52)/b35-32+. The van der Waals surface area contributed by atoms with Crippen LogP contribution >= 0.6 is 0 Å². The number of likely N-dealkylation sites (tertiary alicyclic amines) is 2. The fourth-order valence-electron chi connectivity index (χ4n) is 7.03. The molecule has 2 saturated heterocycles. The van der Waals surface area contributed by atoms with Crippen LogP contribution in [0.4, 0.5) is 14.6 Å². The molecule has 0 bridgehead atoms. The first-order valence-electron chi connectivity index (χ1n) is 18.1. The summed E-state index contributed by atoms with van der Waals surface area (Å²) in [6.45, 7) is 16.6. The molecule has 0 radical (unpaired) electrons. The van der Waals surface area contributed by atoms with Crippen LogP contribution in [-0.2, 0) is 9.59 Å². The Morgan fingerprint density at radius 1 is 1.04 bits per heavy atom. The molecular weight excluding hydrogens is 698 g/mol. The molecule has 54 heavy (non-hydrogen) atoms. The number of nitrogens with two attached hydrogens (primary N) is 1. The van der Waals surface area contributed by atoms with Crippen molar-refractivity contribution in [1.82, 2.24) is 40.7 Å². The molecule has 16 heteroatoms. The number of amides is 2. The first-order chi connectivity index (χ1) is 25.6. The molecule has 0 aliphatic carbocycles. The largest absolute Gasteiger partial charge is 0.495 e. The second-order valence-corrected chi connectivity index (χ2v) is 15.6. The molecule has 2 amide bonds. The van der Waals surface area contributed by atoms with Crippen LogP contribution in [0, 0.1) is 16.6 Å². The quantitative estimate of drug-likeness (QED) is 0.0731. The van der Waals surface area contributed by atoms with Crippen molar-refractivity contribution in [1.29, 1.82) is 0 Å². The number of hydrazine groups is 1. The van der Waals surface area contributed by atoms with Gasteiger partial charge in [0.05, 0.1) is 13.3 Å². The van der Waals surface area contributed by atoms with Crippen molar-refractivity contribution >= 4 is 23.2 Å². The van der Waals surface area contributed by atoms with E-state index in [0.717, 1.165) is 32.6 Å². The van der Waals surface area contributed by atoms with Gasteiger partial charge in [-0.15, -0.1) is 0 Å². The maximum absolute atomic E-state index is 15.3. The van der Waals surface area contributed by atoms with Crippen LogP contribution in [0.25, 0.3) is 16.8 Å². The van der Waals surface area contributed by atoms with Crippen molar-refractivity contribution in [2.75, 3.05) is 51.7 Å². The van der Waals surface area contributed by atoms with Gasteiger partial charge in [-0.25, -0.2) is 19.6 Å². The monoisotopic (exact) mass is 750 g/mol. The second kappa shape index (κ2) is 17.5. The van der Waals surface area contributed by atoms with Crippen LogP contribution in [0.15, 0.2) is 55.0 Å². The van der Waals surface area contributed by atoms with Crippen LogP contribution < -0.4 is 31.4 Å². The minimum absolute atomic E-state index is 0.0213. The summed E-state index contributed by atoms with van der Waals surface area (Å²) in [5.74, 6) is 3.81. The number of aromatic nitrogens is 4. The highest BCUT2D eigenvalue weighted by Gasteiger charge is 2.32. The number of hydrogen-bond acceptors (Lipinski definition) is 11. The van der Waals surface area contributed by atoms with E-state index in [1.165, 1.54) is 38.5 Å². The Bertz CT molecular complexity index is 1820. The van der Waals surface area contributed by atoms with E-state index < -0.39 is 23.0 Å². The van der Waals surface area contributed by atoms with Crippen molar-refractivity contribution < 1.29 is 27.8 Å². The lowest BCUT2D eigenvalue weighted by Gasteiger charge is -2.29. The number of aromatic amines is 1. The number of methoxy groups -OCH3 is 1. The number of rotatable bonds is 17. The zero-order valence-electron chi connectivity index (χ0n) is 31.7. The summed E-state index contributed by atoms with van der Waals surface area (Å²) in [6, 6.07) is 4.91. The number of nitrogens with zero attached hydrogens (tertiary/aromatic N) is 5. The average Bonchev–Trinajstić information content (AvgIpc) is 3.88. The minimum atomic E-state index is -0.828. The molecule has 2 aliphatic heterocycles. The first kappa shape index (κ1) is 40.3. The third kappa shape index (κ3) is 10.8. The van der Waals surface area contributed by atoms with Gasteiger partial charge in [-0.2, -0.15) is 5.10 Å². The number of ether oxygens (including phenoxy) is 2. The zero-order valence-corrected chi connectivity index (χ0v) is 31.7. The second-order valence-electron chi connectivity index (χ2n) is 15.6. The number of carbonyl (C=O) groups is 2. The number of carbonyl (C=O) groups excluding carboxylic acids is 2. The molecule has 14 nitrogen and oxygen atoms in total. The van der Waals surface area contributed by atoms with E-state index >= 15 is 8.78 Å². The predicted octanol–water partition coefficient (Wildman–Crippen LogP) is 4.77. The lowest BCUT2D eigenvalue weighted by atomic mass is 9.88. The van der Waals surface area contributed by atoms with Gasteiger partial charge in [-0.3, -0.25) is 24.6 Å². The highest BCUT2D eigenvalue weighted by molar-refractivity contribution is 5.91. The van der Waals surface area contributed by atoms with E-state index in [-0.39, 0.29) is 53.2 Å². The molecule has 3 aromatic rings. The number of H-pyrrole nitrogens is 1. The molecule has 292 valence electrons. The van der Waals surface area contributed by atoms with Gasteiger partial charge in [0, 0.05) is 74.2 Å². The van der Waals surface area contributed by atoms with Crippen LogP contribution in [-0.4, -0.2) is 94.3 Å². The van der Waals surface area contributed by atoms with Crippen molar-refractivity contribution in [3.8, 4) is 22.9 Å². The molecule has 0 aromatic carbocycles. The molecule has 1 unspecified atom stereocenters. The van der Waals surface area contributed by atoms with E-state index in [9.17, 15) is 9.59 Å². The van der Waals surface area contributed by atoms with Gasteiger partial charge >= 0.3 is 0 Å². The Labute approximate surface area is 314 Å². The number of allylic oxidation sites excluding steroid dienone is 2. The lowest BCUT2D eigenvalue weighted by molar-refractivity contribution is -0.122. The van der Waals surface area contributed by atoms with E-state index in [1.54, 1.807) is 18.2 Å². The summed E-state index contributed by atoms with van der Waals surface area (Å²) in [5.41, 5.74) is 2.33. The lowest BCUT2D eigenvalue weighted by Crippen LogP contribution is -2.40. The third-order valence-electron chi connectivity index (χ3n) is 9.47. The first-order valence-corrected chi connectivity index (χ1v) is 18.1. The number of anilines is 1. The van der Waals surface area contributed by atoms with Crippen molar-refractivity contribution in [2.24, 2.45) is 16.7 Å². The van der Waals surface area contributed by atoms with Crippen LogP contribution in [0.3, 0.4) is 0 Å². The van der Waals surface area contributed by atoms with Crippen molar-refractivity contribution in [2.45, 2.75) is 65.9 Å². The summed E-state index contributed by atoms with van der Waals surface area (Å²) in [6.07, 6.45) is 7.70. The van der Waals surface area contributed by atoms with E-state index in [4.69, 9.17) is 15.3 Å². The maximum atomic E-state index is 15.3. The highest BCUT2D eigenvalue weighted by Crippen LogP contribution is 2.30. The Morgan fingerprint density at radius 3 is 2.41 bits per heavy atom. The molecule has 5 heterocycles. The topological polar surface area (TPSA) is 176 Å². The van der Waals surface area contributed by atoms with E-state index in [0.29, 0.717) is 35.8 Å². The van der Waals surface area contributed by atoms with Gasteiger partial charge in [0.25, 0.3) is 0 Å². The molecule has 0 spiro atoms. The van der Waals surface area contributed by atoms with Gasteiger partial charge in [0.1, 0.15) is 17.5 Å². The number of pyridine rings is 2. The van der Waals surface area contributed by atoms with Gasteiger partial charge in [-0.1, -0.05) is 34.3 Å². The normalized spacial score (nSPS) is 17.2. The zero-order chi connectivity index (χ0) is 39.0. The maximum Gasteiger partial charge on any atom is 0.226 e. The summed E-state index contributed by atoms with van der Waals surface area (Å²) < 4.78 is 41.9. The summed E-state index contributed by atoms with van der Waals surface area (Å²) in [7, 11) is 1.47. The van der Waals surface area contributed by atoms with E-state index in [2.05, 4.69) is 52.6 Å². The van der Waals surface area contributed by atoms with Crippen LogP contribution in [0.2, 0.25) is 0 Å². The summed E-state index contributed by atoms with van der Waals surface area (Å²) >= 11 is 0. The number of hydrogen-bond donors (Lipinski definition) is 5. The molecule has 5 rings (SSSR count). The number of halogens is 2. The molecular formula is C38H52F2N10O4. The highest BCUT2D eigenvalue weighted by atomic mass is 19.1. The SMILES string of the molecule is C=C(/C(F)=C(\NN)NC(=O)CC(C)(C)CN1CCC(Oc2ccc(-c3n[nH]c(NC(=O)CC(C)(C)CN4CCCC4)c3F)cn2)C1)c1cncc(OC)c1. The van der Waals surface area contributed by atoms with Gasteiger partial charge < -0.3 is 30.4 Å². The molecule has 1 atom stereocenters. The van der Waals surface area contributed by atoms with Crippen LogP contribution in [0.5, 0.6) is 11.6 Å². The van der Waals surface area contributed by atoms with Crippen molar-refractivity contribution in [3.63, 3.8) is 0 Å². The minimum Gasteiger partial charge on any atom is -0.495 e. The molecule has 2 aliphatic rings. The summed E-state index contributed by atoms with van der Waals surface area (Å²) in [5, 5.41) is 11.9. The third-order valence-corrected chi connectivity index (χ3v) is 9.47. The van der Waals surface area contributed by atoms with Crippen LogP contribution in [0.1, 0.15) is 65.4 Å².